The first kappa shape index (κ1) is 27.1. The first-order valence-corrected chi connectivity index (χ1v) is 15.3. The Labute approximate surface area is 210 Å². The molecule has 2 nitrogen and oxygen atoms in total. The van der Waals surface area contributed by atoms with Crippen LogP contribution in [0.4, 0.5) is 0 Å². The van der Waals surface area contributed by atoms with Gasteiger partial charge >= 0.3 is 0 Å². The Kier molecular flexibility index (Phi) is 11.0. The molecule has 0 aliphatic carbocycles. The molecule has 0 aliphatic heterocycles. The average molecular weight is 563 g/mol. The number of hydrogen-bond acceptors (Lipinski definition) is 2. The molecule has 32 heavy (non-hydrogen) atoms. The van der Waals surface area contributed by atoms with Gasteiger partial charge in [0.1, 0.15) is 5.60 Å². The number of benzene rings is 2. The van der Waals surface area contributed by atoms with Crippen molar-refractivity contribution >= 4 is 41.3 Å². The molecule has 1 atom stereocenters. The van der Waals surface area contributed by atoms with E-state index in [1.807, 2.05) is 0 Å². The highest BCUT2D eigenvalue weighted by Gasteiger charge is 2.49. The fourth-order valence-corrected chi connectivity index (χ4v) is 9.39. The number of unbranched alkanes of at least 4 members (excludes halogenated alkanes) is 3. The van der Waals surface area contributed by atoms with Gasteiger partial charge in [0.15, 0.2) is 0 Å². The predicted molar refractivity (Wildman–Crippen MR) is 149 cm³/mol. The molecule has 2 aromatic rings. The smallest absolute Gasteiger partial charge is 0.261 e. The second kappa shape index (κ2) is 12.9. The van der Waals surface area contributed by atoms with Crippen molar-refractivity contribution in [3.05, 3.63) is 60.7 Å². The molecule has 0 aromatic heterocycles. The predicted octanol–water partition coefficient (Wildman–Crippen LogP) is 6.09. The molecule has 2 rings (SSSR count). The summed E-state index contributed by atoms with van der Waals surface area (Å²) >= 11 is 2.25. The Morgan fingerprint density at radius 2 is 1.47 bits per heavy atom. The van der Waals surface area contributed by atoms with Gasteiger partial charge in [0.25, 0.3) is 8.32 Å². The number of rotatable bonds is 11. The topological polar surface area (TPSA) is 29.5 Å². The quantitative estimate of drug-likeness (QED) is 0.118. The third-order valence-corrected chi connectivity index (χ3v) is 12.3. The van der Waals surface area contributed by atoms with Crippen LogP contribution in [0.5, 0.6) is 0 Å². The van der Waals surface area contributed by atoms with Gasteiger partial charge in [0.2, 0.25) is 0 Å². The van der Waals surface area contributed by atoms with E-state index in [2.05, 4.69) is 123 Å². The van der Waals surface area contributed by atoms with Gasteiger partial charge in [-0.05, 0) is 28.3 Å². The van der Waals surface area contributed by atoms with Crippen LogP contribution in [0.25, 0.3) is 0 Å². The van der Waals surface area contributed by atoms with Crippen molar-refractivity contribution < 1.29 is 9.53 Å². The zero-order chi connectivity index (χ0) is 23.5. The van der Waals surface area contributed by atoms with Gasteiger partial charge in [0, 0.05) is 17.5 Å². The fourth-order valence-electron chi connectivity index (χ4n) is 4.25. The molecular formula is C28H39IO2Si. The van der Waals surface area contributed by atoms with E-state index in [9.17, 15) is 5.11 Å². The Bertz CT molecular complexity index is 812. The van der Waals surface area contributed by atoms with Crippen LogP contribution in [-0.2, 0) is 4.43 Å². The van der Waals surface area contributed by atoms with Crippen molar-refractivity contribution in [2.75, 3.05) is 11.0 Å². The van der Waals surface area contributed by atoms with Crippen molar-refractivity contribution in [2.45, 2.75) is 76.9 Å². The van der Waals surface area contributed by atoms with Crippen molar-refractivity contribution in [1.82, 2.24) is 0 Å². The maximum absolute atomic E-state index is 10.9. The maximum atomic E-state index is 10.9. The van der Waals surface area contributed by atoms with Gasteiger partial charge in [0.05, 0.1) is 0 Å². The van der Waals surface area contributed by atoms with Gasteiger partial charge in [-0.2, -0.15) is 0 Å². The second-order valence-corrected chi connectivity index (χ2v) is 14.6. The van der Waals surface area contributed by atoms with Crippen molar-refractivity contribution in [2.24, 2.45) is 0 Å². The molecule has 1 unspecified atom stereocenters. The van der Waals surface area contributed by atoms with Gasteiger partial charge in [-0.3, -0.25) is 0 Å². The molecule has 4 heteroatoms. The number of hydrogen-bond donors (Lipinski definition) is 1. The molecule has 0 saturated heterocycles. The van der Waals surface area contributed by atoms with Crippen LogP contribution in [0.2, 0.25) is 5.04 Å². The van der Waals surface area contributed by atoms with E-state index in [0.717, 1.165) is 19.3 Å². The van der Waals surface area contributed by atoms with Crippen molar-refractivity contribution in [3.8, 4) is 11.8 Å². The van der Waals surface area contributed by atoms with Crippen LogP contribution in [0, 0.1) is 11.8 Å². The van der Waals surface area contributed by atoms with E-state index in [-0.39, 0.29) is 5.04 Å². The largest absolute Gasteiger partial charge is 0.406 e. The molecule has 0 aliphatic rings. The molecule has 0 heterocycles. The molecule has 0 fully saturated rings. The summed E-state index contributed by atoms with van der Waals surface area (Å²) in [5.41, 5.74) is -0.883. The maximum Gasteiger partial charge on any atom is 0.261 e. The first-order chi connectivity index (χ1) is 15.3. The Balaban J connectivity index is 2.20. The van der Waals surface area contributed by atoms with E-state index in [0.29, 0.717) is 17.5 Å². The standard InChI is InChI=1S/C28H39IO2Si/c1-5-6-7-14-21-28(30,24-29)22-15-16-23-31-32(27(2,3)4,25-17-10-8-11-18-25)26-19-12-9-13-20-26/h8-13,17-20,30H,5-7,14,16,21,23-24H2,1-4H3. The monoisotopic (exact) mass is 562 g/mol. The minimum absolute atomic E-state index is 0.0364. The van der Waals surface area contributed by atoms with E-state index < -0.39 is 13.9 Å². The second-order valence-electron chi connectivity index (χ2n) is 9.54. The number of aliphatic hydroxyl groups is 1. The van der Waals surface area contributed by atoms with Crippen LogP contribution >= 0.6 is 22.6 Å². The van der Waals surface area contributed by atoms with Gasteiger partial charge in [-0.15, -0.1) is 0 Å². The van der Waals surface area contributed by atoms with Crippen LogP contribution < -0.4 is 10.4 Å². The lowest BCUT2D eigenvalue weighted by molar-refractivity contribution is 0.116. The summed E-state index contributed by atoms with van der Waals surface area (Å²) in [4.78, 5) is 0. The van der Waals surface area contributed by atoms with Crippen LogP contribution in [-0.4, -0.2) is 30.1 Å². The molecule has 0 saturated carbocycles. The number of alkyl halides is 1. The molecule has 0 bridgehead atoms. The Morgan fingerprint density at radius 3 is 1.94 bits per heavy atom. The Hall–Kier alpha value is -1.13. The normalized spacial score (nSPS) is 13.8. The molecule has 174 valence electrons. The van der Waals surface area contributed by atoms with Crippen molar-refractivity contribution in [1.29, 1.82) is 0 Å². The highest BCUT2D eigenvalue weighted by atomic mass is 127. The van der Waals surface area contributed by atoms with Crippen molar-refractivity contribution in [3.63, 3.8) is 0 Å². The fraction of sp³-hybridized carbons (Fsp3) is 0.500. The van der Waals surface area contributed by atoms with E-state index in [1.165, 1.54) is 23.2 Å². The lowest BCUT2D eigenvalue weighted by Gasteiger charge is -2.43. The Morgan fingerprint density at radius 1 is 0.906 bits per heavy atom. The molecule has 0 spiro atoms. The lowest BCUT2D eigenvalue weighted by atomic mass is 9.98. The molecular weight excluding hydrogens is 523 g/mol. The highest BCUT2D eigenvalue weighted by molar-refractivity contribution is 14.1. The minimum atomic E-state index is -2.52. The minimum Gasteiger partial charge on any atom is -0.406 e. The van der Waals surface area contributed by atoms with Crippen LogP contribution in [0.15, 0.2) is 60.7 Å². The molecule has 0 radical (unpaired) electrons. The third kappa shape index (κ3) is 7.18. The van der Waals surface area contributed by atoms with E-state index >= 15 is 0 Å². The molecule has 0 amide bonds. The van der Waals surface area contributed by atoms with E-state index in [4.69, 9.17) is 4.43 Å². The van der Waals surface area contributed by atoms with Gasteiger partial charge < -0.3 is 9.53 Å². The zero-order valence-corrected chi connectivity index (χ0v) is 23.3. The zero-order valence-electron chi connectivity index (χ0n) is 20.2. The van der Waals surface area contributed by atoms with E-state index in [1.54, 1.807) is 0 Å². The summed E-state index contributed by atoms with van der Waals surface area (Å²) in [6.07, 6.45) is 5.98. The summed E-state index contributed by atoms with van der Waals surface area (Å²) < 4.78 is 7.52. The summed E-state index contributed by atoms with van der Waals surface area (Å²) in [7, 11) is -2.52. The SMILES string of the molecule is CCCCCCC(O)(C#CCCO[Si](c1ccccc1)(c1ccccc1)C(C)(C)C)CI. The number of halogens is 1. The highest BCUT2D eigenvalue weighted by Crippen LogP contribution is 2.36. The molecule has 1 N–H and O–H groups in total. The summed E-state index contributed by atoms with van der Waals surface area (Å²) in [6, 6.07) is 21.4. The van der Waals surface area contributed by atoms with Crippen LogP contribution in [0.1, 0.15) is 66.2 Å². The van der Waals surface area contributed by atoms with Crippen LogP contribution in [0.3, 0.4) is 0 Å². The van der Waals surface area contributed by atoms with Gasteiger partial charge in [-0.25, -0.2) is 0 Å². The van der Waals surface area contributed by atoms with Gasteiger partial charge in [-0.1, -0.05) is 142 Å². The first-order valence-electron chi connectivity index (χ1n) is 11.8. The third-order valence-electron chi connectivity index (χ3n) is 5.95. The summed E-state index contributed by atoms with van der Waals surface area (Å²) in [5.74, 6) is 6.40. The summed E-state index contributed by atoms with van der Waals surface area (Å²) in [5, 5.41) is 13.4. The average Bonchev–Trinajstić information content (AvgIpc) is 2.79. The summed E-state index contributed by atoms with van der Waals surface area (Å²) in [6.45, 7) is 9.63. The lowest BCUT2D eigenvalue weighted by Crippen LogP contribution is -2.66. The molecule has 2 aromatic carbocycles.